The van der Waals surface area contributed by atoms with Crippen molar-refractivity contribution in [3.05, 3.63) is 44.1 Å². The molecule has 0 aliphatic heterocycles. The van der Waals surface area contributed by atoms with Gasteiger partial charge in [-0.3, -0.25) is 10.1 Å². The molecule has 1 N–H and O–H groups in total. The predicted octanol–water partition coefficient (Wildman–Crippen LogP) is 3.12. The molecule has 6 nitrogen and oxygen atoms in total. The van der Waals surface area contributed by atoms with E-state index in [2.05, 4.69) is 10.3 Å². The summed E-state index contributed by atoms with van der Waals surface area (Å²) in [5, 5.41) is 13.9. The van der Waals surface area contributed by atoms with Crippen LogP contribution in [-0.4, -0.2) is 17.0 Å². The van der Waals surface area contributed by atoms with Crippen LogP contribution >= 0.6 is 11.3 Å². The molecule has 0 saturated heterocycles. The molecule has 8 heteroatoms. The van der Waals surface area contributed by atoms with Crippen molar-refractivity contribution >= 4 is 22.7 Å². The van der Waals surface area contributed by atoms with Crippen molar-refractivity contribution in [2.24, 2.45) is 0 Å². The molecule has 0 atom stereocenters. The number of thiazole rings is 1. The number of benzene rings is 1. The first kappa shape index (κ1) is 14.2. The Morgan fingerprint density at radius 1 is 1.55 bits per heavy atom. The number of hydrogen-bond acceptors (Lipinski definition) is 6. The second kappa shape index (κ2) is 5.83. The Hall–Kier alpha value is -2.22. The minimum Gasteiger partial charge on any atom is -0.494 e. The molecule has 20 heavy (non-hydrogen) atoms. The molecule has 2 rings (SSSR count). The first-order valence-electron chi connectivity index (χ1n) is 5.67. The average molecular weight is 297 g/mol. The van der Waals surface area contributed by atoms with Gasteiger partial charge in [-0.15, -0.1) is 11.3 Å². The SMILES string of the molecule is COc1cc(NCc2scnc2C)c([N+](=O)[O-])cc1F. The first-order chi connectivity index (χ1) is 9.52. The van der Waals surface area contributed by atoms with E-state index < -0.39 is 10.7 Å². The molecule has 1 heterocycles. The highest BCUT2D eigenvalue weighted by Crippen LogP contribution is 2.32. The minimum absolute atomic E-state index is 0.0425. The summed E-state index contributed by atoms with van der Waals surface area (Å²) in [6.07, 6.45) is 0. The lowest BCUT2D eigenvalue weighted by molar-refractivity contribution is -0.384. The zero-order valence-corrected chi connectivity index (χ0v) is 11.7. The van der Waals surface area contributed by atoms with E-state index in [1.807, 2.05) is 6.92 Å². The number of halogens is 1. The third-order valence-corrected chi connectivity index (χ3v) is 3.69. The van der Waals surface area contributed by atoms with E-state index in [9.17, 15) is 14.5 Å². The number of aromatic nitrogens is 1. The summed E-state index contributed by atoms with van der Waals surface area (Å²) in [6, 6.07) is 2.13. The Morgan fingerprint density at radius 2 is 2.30 bits per heavy atom. The van der Waals surface area contributed by atoms with Crippen molar-refractivity contribution in [1.29, 1.82) is 0 Å². The molecule has 2 aromatic rings. The Kier molecular flexibility index (Phi) is 4.14. The average Bonchev–Trinajstić information content (AvgIpc) is 2.82. The van der Waals surface area contributed by atoms with Gasteiger partial charge in [-0.05, 0) is 6.92 Å². The molecule has 0 unspecified atom stereocenters. The van der Waals surface area contributed by atoms with Crippen LogP contribution in [0.2, 0.25) is 0 Å². The fraction of sp³-hybridized carbons (Fsp3) is 0.250. The van der Waals surface area contributed by atoms with Crippen molar-refractivity contribution in [1.82, 2.24) is 4.98 Å². The number of hydrogen-bond donors (Lipinski definition) is 1. The Morgan fingerprint density at radius 3 is 2.85 bits per heavy atom. The zero-order chi connectivity index (χ0) is 14.7. The van der Waals surface area contributed by atoms with Crippen LogP contribution in [0.3, 0.4) is 0 Å². The highest BCUT2D eigenvalue weighted by Gasteiger charge is 2.19. The van der Waals surface area contributed by atoms with Gasteiger partial charge in [0.25, 0.3) is 5.69 Å². The fourth-order valence-corrected chi connectivity index (χ4v) is 2.38. The summed E-state index contributed by atoms with van der Waals surface area (Å²) >= 11 is 1.45. The van der Waals surface area contributed by atoms with E-state index in [0.717, 1.165) is 16.6 Å². The zero-order valence-electron chi connectivity index (χ0n) is 10.8. The largest absolute Gasteiger partial charge is 0.494 e. The topological polar surface area (TPSA) is 77.3 Å². The summed E-state index contributed by atoms with van der Waals surface area (Å²) < 4.78 is 18.3. The van der Waals surface area contributed by atoms with Gasteiger partial charge in [0.15, 0.2) is 11.6 Å². The van der Waals surface area contributed by atoms with Gasteiger partial charge in [-0.25, -0.2) is 9.37 Å². The van der Waals surface area contributed by atoms with Crippen LogP contribution in [0.25, 0.3) is 0 Å². The number of rotatable bonds is 5. The van der Waals surface area contributed by atoms with E-state index in [0.29, 0.717) is 6.54 Å². The smallest absolute Gasteiger partial charge is 0.295 e. The summed E-state index contributed by atoms with van der Waals surface area (Å²) in [6.45, 7) is 2.24. The number of methoxy groups -OCH3 is 1. The van der Waals surface area contributed by atoms with Crippen molar-refractivity contribution < 1.29 is 14.1 Å². The lowest BCUT2D eigenvalue weighted by Gasteiger charge is -2.09. The maximum absolute atomic E-state index is 13.5. The maximum Gasteiger partial charge on any atom is 0.295 e. The molecule has 0 fully saturated rings. The van der Waals surface area contributed by atoms with Crippen LogP contribution in [0.15, 0.2) is 17.6 Å². The number of anilines is 1. The van der Waals surface area contributed by atoms with Crippen LogP contribution in [0, 0.1) is 22.9 Å². The highest BCUT2D eigenvalue weighted by atomic mass is 32.1. The van der Waals surface area contributed by atoms with E-state index in [1.54, 1.807) is 5.51 Å². The second-order valence-corrected chi connectivity index (χ2v) is 4.91. The fourth-order valence-electron chi connectivity index (χ4n) is 1.66. The first-order valence-corrected chi connectivity index (χ1v) is 6.55. The summed E-state index contributed by atoms with van der Waals surface area (Å²) in [4.78, 5) is 15.4. The standard InChI is InChI=1S/C12H12FN3O3S/c1-7-12(20-6-15-7)5-14-9-4-11(19-2)8(13)3-10(9)16(17)18/h3-4,6,14H,5H2,1-2H3. The molecule has 0 saturated carbocycles. The molecule has 1 aromatic carbocycles. The molecule has 0 bridgehead atoms. The normalized spacial score (nSPS) is 10.3. The molecule has 106 valence electrons. The van der Waals surface area contributed by atoms with Gasteiger partial charge in [-0.2, -0.15) is 0 Å². The molecule has 0 spiro atoms. The number of nitro benzene ring substituents is 1. The molecular weight excluding hydrogens is 285 g/mol. The van der Waals surface area contributed by atoms with Crippen molar-refractivity contribution in [3.8, 4) is 5.75 Å². The Labute approximate surface area is 118 Å². The summed E-state index contributed by atoms with van der Waals surface area (Å²) in [5.74, 6) is -0.808. The molecule has 0 aliphatic carbocycles. The van der Waals surface area contributed by atoms with Gasteiger partial charge in [0.2, 0.25) is 0 Å². The molecule has 0 radical (unpaired) electrons. The lowest BCUT2D eigenvalue weighted by atomic mass is 10.2. The van der Waals surface area contributed by atoms with Crippen LogP contribution in [0.1, 0.15) is 10.6 Å². The summed E-state index contributed by atoms with van der Waals surface area (Å²) in [5.41, 5.74) is 2.44. The predicted molar refractivity (Wildman–Crippen MR) is 73.8 cm³/mol. The number of nitro groups is 1. The lowest BCUT2D eigenvalue weighted by Crippen LogP contribution is -2.04. The van der Waals surface area contributed by atoms with Crippen LogP contribution in [0.4, 0.5) is 15.8 Å². The van der Waals surface area contributed by atoms with Gasteiger partial charge in [-0.1, -0.05) is 0 Å². The number of nitrogens with one attached hydrogen (secondary N) is 1. The quantitative estimate of drug-likeness (QED) is 0.677. The van der Waals surface area contributed by atoms with E-state index in [4.69, 9.17) is 4.74 Å². The highest BCUT2D eigenvalue weighted by molar-refractivity contribution is 7.09. The minimum atomic E-state index is -0.765. The van der Waals surface area contributed by atoms with Crippen LogP contribution in [-0.2, 0) is 6.54 Å². The Bertz CT molecular complexity index is 645. The summed E-state index contributed by atoms with van der Waals surface area (Å²) in [7, 11) is 1.31. The number of aryl methyl sites for hydroxylation is 1. The van der Waals surface area contributed by atoms with Crippen LogP contribution < -0.4 is 10.1 Å². The molecule has 1 aromatic heterocycles. The molecule has 0 aliphatic rings. The van der Waals surface area contributed by atoms with Gasteiger partial charge in [0.1, 0.15) is 5.69 Å². The van der Waals surface area contributed by atoms with Gasteiger partial charge in [0, 0.05) is 10.9 Å². The third kappa shape index (κ3) is 2.85. The van der Waals surface area contributed by atoms with Crippen molar-refractivity contribution in [3.63, 3.8) is 0 Å². The van der Waals surface area contributed by atoms with Gasteiger partial charge in [0.05, 0.1) is 35.8 Å². The monoisotopic (exact) mass is 297 g/mol. The van der Waals surface area contributed by atoms with Gasteiger partial charge < -0.3 is 10.1 Å². The number of nitrogens with zero attached hydrogens (tertiary/aromatic N) is 2. The maximum atomic E-state index is 13.5. The van der Waals surface area contributed by atoms with Crippen molar-refractivity contribution in [2.45, 2.75) is 13.5 Å². The molecule has 0 amide bonds. The Balaban J connectivity index is 2.29. The van der Waals surface area contributed by atoms with E-state index in [-0.39, 0.29) is 17.1 Å². The van der Waals surface area contributed by atoms with Gasteiger partial charge >= 0.3 is 0 Å². The van der Waals surface area contributed by atoms with Crippen LogP contribution in [0.5, 0.6) is 5.75 Å². The van der Waals surface area contributed by atoms with E-state index >= 15 is 0 Å². The second-order valence-electron chi connectivity index (χ2n) is 3.98. The van der Waals surface area contributed by atoms with E-state index in [1.165, 1.54) is 24.5 Å². The molecular formula is C12H12FN3O3S. The third-order valence-electron chi connectivity index (χ3n) is 2.75. The number of ether oxygens (including phenoxy) is 1. The van der Waals surface area contributed by atoms with Crippen molar-refractivity contribution in [2.75, 3.05) is 12.4 Å².